The van der Waals surface area contributed by atoms with Crippen LogP contribution in [0.4, 0.5) is 0 Å². The summed E-state index contributed by atoms with van der Waals surface area (Å²) in [4.78, 5) is 13.4. The molecule has 72 valence electrons. The van der Waals surface area contributed by atoms with Crippen molar-refractivity contribution in [2.45, 2.75) is 0 Å². The van der Waals surface area contributed by atoms with Gasteiger partial charge in [-0.25, -0.2) is 0 Å². The molecule has 0 aliphatic rings. The molecule has 1 aromatic heterocycles. The van der Waals surface area contributed by atoms with Gasteiger partial charge < -0.3 is 10.1 Å². The van der Waals surface area contributed by atoms with Gasteiger partial charge in [-0.1, -0.05) is 35.9 Å². The molecule has 1 heterocycles. The van der Waals surface area contributed by atoms with Crippen molar-refractivity contribution in [3.05, 3.63) is 42.0 Å². The second-order valence-electron chi connectivity index (χ2n) is 2.29. The first-order chi connectivity index (χ1) is 6.88. The Morgan fingerprint density at radius 1 is 1.33 bits per heavy atom. The Morgan fingerprint density at radius 3 is 2.40 bits per heavy atom. The molecule has 0 unspecified atom stereocenters. The van der Waals surface area contributed by atoms with E-state index in [0.717, 1.165) is 0 Å². The Balaban J connectivity index is 0.000000443. The van der Waals surface area contributed by atoms with Crippen LogP contribution in [0, 0.1) is 5.51 Å². The van der Waals surface area contributed by atoms with Gasteiger partial charge >= 0.3 is 18.9 Å². The predicted octanol–water partition coefficient (Wildman–Crippen LogP) is -0.685. The minimum absolute atomic E-state index is 0. The van der Waals surface area contributed by atoms with E-state index in [2.05, 4.69) is 22.6 Å². The first-order valence-electron chi connectivity index (χ1n) is 3.83. The molecular weight excluding hydrogens is 205 g/mol. The summed E-state index contributed by atoms with van der Waals surface area (Å²) < 4.78 is 0. The molecule has 15 heavy (non-hydrogen) atoms. The molecule has 0 fully saturated rings. The Hall–Kier alpha value is -1.08. The summed E-state index contributed by atoms with van der Waals surface area (Å²) in [5.41, 5.74) is 4.03. The van der Waals surface area contributed by atoms with Crippen LogP contribution in [-0.2, 0) is 4.79 Å². The molecule has 1 aromatic carbocycles. The number of hydrogen-bond donors (Lipinski definition) is 1. The maximum atomic E-state index is 8.36. The summed E-state index contributed by atoms with van der Waals surface area (Å²) in [6.07, 6.45) is 1.83. The average molecular weight is 213 g/mol. The molecule has 0 saturated carbocycles. The van der Waals surface area contributed by atoms with E-state index in [1.54, 1.807) is 0 Å². The Kier molecular flexibility index (Phi) is 7.65. The number of rotatable bonds is 1. The number of thiazole rings is 1. The van der Waals surface area contributed by atoms with E-state index >= 15 is 0 Å². The molecule has 1 N–H and O–H groups in total. The average Bonchev–Trinajstić information content (AvgIpc) is 2.73. The minimum atomic E-state index is -0.250. The summed E-state index contributed by atoms with van der Waals surface area (Å²) in [5, 5.41) is 6.89. The van der Waals surface area contributed by atoms with Crippen LogP contribution in [0.2, 0.25) is 0 Å². The molecule has 0 saturated heterocycles. The quantitative estimate of drug-likeness (QED) is 0.388. The van der Waals surface area contributed by atoms with Gasteiger partial charge in [0.15, 0.2) is 0 Å². The maximum absolute atomic E-state index is 8.36. The number of benzene rings is 1. The third-order valence-electron chi connectivity index (χ3n) is 1.45. The summed E-state index contributed by atoms with van der Waals surface area (Å²) in [6.45, 7) is -0.250. The zero-order valence-electron chi connectivity index (χ0n) is 8.25. The van der Waals surface area contributed by atoms with Crippen molar-refractivity contribution in [1.29, 1.82) is 0 Å². The van der Waals surface area contributed by atoms with Crippen molar-refractivity contribution < 1.29 is 28.8 Å². The number of aromatic nitrogens is 1. The largest absolute Gasteiger partial charge is 1.00 e. The van der Waals surface area contributed by atoms with Crippen molar-refractivity contribution in [1.82, 2.24) is 4.98 Å². The van der Waals surface area contributed by atoms with Gasteiger partial charge in [0.1, 0.15) is 0 Å². The second-order valence-corrected chi connectivity index (χ2v) is 3.11. The maximum Gasteiger partial charge on any atom is 1.00 e. The molecule has 2 rings (SSSR count). The van der Waals surface area contributed by atoms with E-state index in [1.165, 1.54) is 21.8 Å². The van der Waals surface area contributed by atoms with Crippen LogP contribution in [0.1, 0.15) is 0 Å². The monoisotopic (exact) mass is 213 g/mol. The van der Waals surface area contributed by atoms with Crippen LogP contribution in [-0.4, -0.2) is 16.6 Å². The number of carbonyl (C=O) groups is 1. The molecule has 3 nitrogen and oxygen atoms in total. The predicted molar refractivity (Wildman–Crippen MR) is 55.1 cm³/mol. The molecule has 0 amide bonds. The Bertz CT molecular complexity index is 364. The van der Waals surface area contributed by atoms with Gasteiger partial charge in [-0.05, 0) is 5.51 Å². The van der Waals surface area contributed by atoms with Crippen LogP contribution >= 0.6 is 11.3 Å². The molecule has 0 spiro atoms. The van der Waals surface area contributed by atoms with E-state index in [-0.39, 0.29) is 25.3 Å². The molecular formula is C10H8LiNO2S. The normalized spacial score (nSPS) is 8.00. The fourth-order valence-electron chi connectivity index (χ4n) is 0.923. The second kappa shape index (κ2) is 8.24. The van der Waals surface area contributed by atoms with E-state index < -0.39 is 0 Å². The van der Waals surface area contributed by atoms with Crippen molar-refractivity contribution in [3.63, 3.8) is 0 Å². The van der Waals surface area contributed by atoms with Crippen LogP contribution in [0.5, 0.6) is 0 Å². The topological polar surface area (TPSA) is 50.2 Å². The van der Waals surface area contributed by atoms with Crippen molar-refractivity contribution in [3.8, 4) is 10.4 Å². The fraction of sp³-hybridized carbons (Fsp3) is 0. The molecule has 2 aromatic rings. The fourth-order valence-corrected chi connectivity index (χ4v) is 1.49. The molecule has 0 radical (unpaired) electrons. The molecule has 0 bridgehead atoms. The summed E-state index contributed by atoms with van der Waals surface area (Å²) in [5.74, 6) is 0. The van der Waals surface area contributed by atoms with Crippen LogP contribution in [0.25, 0.3) is 10.4 Å². The van der Waals surface area contributed by atoms with Gasteiger partial charge in [0.2, 0.25) is 0 Å². The zero-order chi connectivity index (χ0) is 10.2. The first-order valence-corrected chi connectivity index (χ1v) is 4.65. The third-order valence-corrected chi connectivity index (χ3v) is 2.21. The smallest absolute Gasteiger partial charge is 0.483 e. The molecule has 5 heteroatoms. The molecule has 0 aliphatic heterocycles. The van der Waals surface area contributed by atoms with Crippen molar-refractivity contribution in [2.24, 2.45) is 0 Å². The Labute approximate surface area is 104 Å². The molecule has 0 aliphatic carbocycles. The third kappa shape index (κ3) is 4.80. The number of hydrogen-bond acceptors (Lipinski definition) is 3. The first kappa shape index (κ1) is 13.9. The van der Waals surface area contributed by atoms with Gasteiger partial charge in [-0.2, -0.15) is 0 Å². The molecule has 0 atom stereocenters. The standard InChI is InChI=1S/C9H6NS.CH2O2.Li/c1-2-4-8(5-3-1)9-6-10-7-11-9;2-1-3;/h1-6H;1H,(H,2,3);/q-1;;+1. The van der Waals surface area contributed by atoms with E-state index in [9.17, 15) is 0 Å². The van der Waals surface area contributed by atoms with E-state index in [4.69, 9.17) is 9.90 Å². The van der Waals surface area contributed by atoms with Gasteiger partial charge in [-0.3, -0.25) is 16.1 Å². The van der Waals surface area contributed by atoms with Crippen molar-refractivity contribution >= 4 is 17.8 Å². The van der Waals surface area contributed by atoms with E-state index in [1.807, 2.05) is 24.4 Å². The number of carboxylic acid groups (broad SMARTS) is 1. The zero-order valence-corrected chi connectivity index (χ0v) is 9.07. The number of nitrogens with zero attached hydrogens (tertiary/aromatic N) is 1. The summed E-state index contributed by atoms with van der Waals surface area (Å²) in [6, 6.07) is 10.2. The Morgan fingerprint density at radius 2 is 1.93 bits per heavy atom. The van der Waals surface area contributed by atoms with Gasteiger partial charge in [-0.15, -0.1) is 11.1 Å². The van der Waals surface area contributed by atoms with Crippen LogP contribution < -0.4 is 18.9 Å². The van der Waals surface area contributed by atoms with E-state index in [0.29, 0.717) is 0 Å². The van der Waals surface area contributed by atoms with Crippen LogP contribution in [0.3, 0.4) is 0 Å². The summed E-state index contributed by atoms with van der Waals surface area (Å²) in [7, 11) is 0. The van der Waals surface area contributed by atoms with Crippen molar-refractivity contribution in [2.75, 3.05) is 0 Å². The van der Waals surface area contributed by atoms with Crippen LogP contribution in [0.15, 0.2) is 36.5 Å². The van der Waals surface area contributed by atoms with Gasteiger partial charge in [0.25, 0.3) is 6.47 Å². The van der Waals surface area contributed by atoms with Gasteiger partial charge in [0, 0.05) is 0 Å². The summed E-state index contributed by atoms with van der Waals surface area (Å²) >= 11 is 1.54. The SMILES string of the molecule is O=CO.[Li+].[c-]1ncc(-c2ccccc2)s1. The minimum Gasteiger partial charge on any atom is -0.483 e. The van der Waals surface area contributed by atoms with Gasteiger partial charge in [0.05, 0.1) is 0 Å².